The summed E-state index contributed by atoms with van der Waals surface area (Å²) in [5, 5.41) is -0.407. The molecule has 0 aliphatic heterocycles. The number of nitrogens with two attached hydrogens (primary N) is 1. The van der Waals surface area contributed by atoms with E-state index < -0.39 is 16.7 Å². The van der Waals surface area contributed by atoms with Crippen LogP contribution in [-0.4, -0.2) is 6.04 Å². The topological polar surface area (TPSA) is 26.0 Å². The van der Waals surface area contributed by atoms with Crippen LogP contribution in [0, 0.1) is 18.6 Å². The normalized spacial score (nSPS) is 12.9. The van der Waals surface area contributed by atoms with Crippen LogP contribution in [0.1, 0.15) is 30.9 Å². The summed E-state index contributed by atoms with van der Waals surface area (Å²) in [7, 11) is 0. The first kappa shape index (κ1) is 13.4. The Morgan fingerprint density at radius 3 is 2.56 bits per heavy atom. The molecule has 1 aromatic rings. The largest absolute Gasteiger partial charge is 0.328 e. The minimum atomic E-state index is -0.671. The minimum Gasteiger partial charge on any atom is -0.328 e. The molecule has 16 heavy (non-hydrogen) atoms. The second-order valence-electron chi connectivity index (χ2n) is 4.16. The van der Waals surface area contributed by atoms with Crippen molar-refractivity contribution in [2.75, 3.05) is 0 Å². The Bertz CT molecular complexity index is 378. The molecule has 0 aliphatic rings. The number of halogens is 3. The van der Waals surface area contributed by atoms with E-state index in [9.17, 15) is 8.78 Å². The fourth-order valence-corrected chi connectivity index (χ4v) is 1.87. The molecule has 0 aliphatic carbocycles. The maximum Gasteiger partial charge on any atom is 0.147 e. The van der Waals surface area contributed by atoms with Crippen molar-refractivity contribution in [3.8, 4) is 0 Å². The highest BCUT2D eigenvalue weighted by Crippen LogP contribution is 2.26. The molecule has 0 unspecified atom stereocenters. The van der Waals surface area contributed by atoms with E-state index in [1.54, 1.807) is 6.92 Å². The van der Waals surface area contributed by atoms with E-state index in [1.165, 1.54) is 6.07 Å². The minimum absolute atomic E-state index is 0.0973. The molecule has 2 N–H and O–H groups in total. The average molecular weight is 248 g/mol. The van der Waals surface area contributed by atoms with Crippen LogP contribution < -0.4 is 5.73 Å². The third-order valence-electron chi connectivity index (χ3n) is 2.51. The van der Waals surface area contributed by atoms with Crippen LogP contribution in [0.3, 0.4) is 0 Å². The van der Waals surface area contributed by atoms with Crippen LogP contribution in [-0.2, 0) is 6.42 Å². The van der Waals surface area contributed by atoms with Crippen LogP contribution in [0.15, 0.2) is 6.07 Å². The van der Waals surface area contributed by atoms with Crippen molar-refractivity contribution in [3.63, 3.8) is 0 Å². The van der Waals surface area contributed by atoms with Gasteiger partial charge in [-0.1, -0.05) is 17.7 Å². The van der Waals surface area contributed by atoms with Gasteiger partial charge in [-0.3, -0.25) is 0 Å². The summed E-state index contributed by atoms with van der Waals surface area (Å²) in [6.07, 6.45) is 2.12. The van der Waals surface area contributed by atoms with Crippen LogP contribution in [0.25, 0.3) is 0 Å². The first-order valence-corrected chi connectivity index (χ1v) is 5.69. The summed E-state index contributed by atoms with van der Waals surface area (Å²) in [5.41, 5.74) is 6.44. The summed E-state index contributed by atoms with van der Waals surface area (Å²) in [6.45, 7) is 3.48. The molecule has 1 rings (SSSR count). The molecule has 0 aromatic heterocycles. The monoisotopic (exact) mass is 247 g/mol. The molecule has 0 saturated heterocycles. The number of benzene rings is 1. The van der Waals surface area contributed by atoms with Crippen molar-refractivity contribution in [2.24, 2.45) is 5.73 Å². The molecule has 1 atom stereocenters. The Kier molecular flexibility index (Phi) is 4.69. The van der Waals surface area contributed by atoms with E-state index >= 15 is 0 Å². The maximum absolute atomic E-state index is 13.6. The summed E-state index contributed by atoms with van der Waals surface area (Å²) in [4.78, 5) is 0. The lowest BCUT2D eigenvalue weighted by atomic mass is 10.0. The fraction of sp³-hybridized carbons (Fsp3) is 0.500. The van der Waals surface area contributed by atoms with E-state index in [0.29, 0.717) is 17.5 Å². The Labute approximate surface area is 99.6 Å². The van der Waals surface area contributed by atoms with Crippen molar-refractivity contribution < 1.29 is 8.78 Å². The zero-order valence-corrected chi connectivity index (χ0v) is 10.2. The van der Waals surface area contributed by atoms with E-state index in [4.69, 9.17) is 17.3 Å². The second-order valence-corrected chi connectivity index (χ2v) is 4.54. The molecular weight excluding hydrogens is 232 g/mol. The van der Waals surface area contributed by atoms with Crippen molar-refractivity contribution in [2.45, 2.75) is 39.2 Å². The van der Waals surface area contributed by atoms with E-state index in [2.05, 4.69) is 0 Å². The molecule has 0 fully saturated rings. The summed E-state index contributed by atoms with van der Waals surface area (Å²) in [6, 6.07) is 1.61. The molecule has 0 heterocycles. The standard InChI is InChI=1S/C12H16ClF2N/c1-7-6-9(5-3-4-8(2)16)12(15)10(13)11(7)14/h6,8H,3-5,16H2,1-2H3/t8-/m0/s1. The van der Waals surface area contributed by atoms with Gasteiger partial charge >= 0.3 is 0 Å². The quantitative estimate of drug-likeness (QED) is 0.809. The van der Waals surface area contributed by atoms with Gasteiger partial charge < -0.3 is 5.73 Å². The van der Waals surface area contributed by atoms with Crippen molar-refractivity contribution in [1.29, 1.82) is 0 Å². The third-order valence-corrected chi connectivity index (χ3v) is 2.84. The van der Waals surface area contributed by atoms with Gasteiger partial charge in [-0.15, -0.1) is 0 Å². The van der Waals surface area contributed by atoms with Crippen LogP contribution in [0.4, 0.5) is 8.78 Å². The lowest BCUT2D eigenvalue weighted by Gasteiger charge is -2.09. The van der Waals surface area contributed by atoms with Gasteiger partial charge in [0, 0.05) is 6.04 Å². The zero-order chi connectivity index (χ0) is 12.3. The van der Waals surface area contributed by atoms with Gasteiger partial charge in [0.1, 0.15) is 16.7 Å². The molecular formula is C12H16ClF2N. The average Bonchev–Trinajstić information content (AvgIpc) is 2.22. The van der Waals surface area contributed by atoms with Gasteiger partial charge in [-0.25, -0.2) is 8.78 Å². The van der Waals surface area contributed by atoms with Crippen molar-refractivity contribution in [3.05, 3.63) is 33.9 Å². The Morgan fingerprint density at radius 2 is 2.00 bits per heavy atom. The molecule has 1 nitrogen and oxygen atoms in total. The zero-order valence-electron chi connectivity index (χ0n) is 9.49. The number of hydrogen-bond acceptors (Lipinski definition) is 1. The number of hydrogen-bond donors (Lipinski definition) is 1. The van der Waals surface area contributed by atoms with Gasteiger partial charge in [0.15, 0.2) is 0 Å². The predicted molar refractivity (Wildman–Crippen MR) is 62.7 cm³/mol. The highest BCUT2D eigenvalue weighted by molar-refractivity contribution is 6.31. The second kappa shape index (κ2) is 5.60. The SMILES string of the molecule is Cc1cc(CCC[C@H](C)N)c(F)c(Cl)c1F. The van der Waals surface area contributed by atoms with E-state index in [0.717, 1.165) is 12.8 Å². The molecule has 4 heteroatoms. The number of rotatable bonds is 4. The van der Waals surface area contributed by atoms with Crippen LogP contribution in [0.5, 0.6) is 0 Å². The molecule has 1 aromatic carbocycles. The van der Waals surface area contributed by atoms with Gasteiger partial charge in [-0.2, -0.15) is 0 Å². The van der Waals surface area contributed by atoms with Gasteiger partial charge in [-0.05, 0) is 44.2 Å². The lowest BCUT2D eigenvalue weighted by molar-refractivity contribution is 0.556. The van der Waals surface area contributed by atoms with Gasteiger partial charge in [0.05, 0.1) is 0 Å². The Morgan fingerprint density at radius 1 is 1.38 bits per heavy atom. The van der Waals surface area contributed by atoms with E-state index in [-0.39, 0.29) is 6.04 Å². The molecule has 0 amide bonds. The van der Waals surface area contributed by atoms with Crippen molar-refractivity contribution >= 4 is 11.6 Å². The Balaban J connectivity index is 2.81. The maximum atomic E-state index is 13.6. The fourth-order valence-electron chi connectivity index (χ4n) is 1.59. The first-order chi connectivity index (χ1) is 7.43. The van der Waals surface area contributed by atoms with Crippen LogP contribution in [0.2, 0.25) is 5.02 Å². The van der Waals surface area contributed by atoms with Gasteiger partial charge in [0.25, 0.3) is 0 Å². The highest BCUT2D eigenvalue weighted by Gasteiger charge is 2.14. The third kappa shape index (κ3) is 3.16. The number of aryl methyl sites for hydroxylation is 2. The Hall–Kier alpha value is -0.670. The highest BCUT2D eigenvalue weighted by atomic mass is 35.5. The molecule has 0 spiro atoms. The molecule has 90 valence electrons. The molecule has 0 bridgehead atoms. The lowest BCUT2D eigenvalue weighted by Crippen LogP contribution is -2.14. The van der Waals surface area contributed by atoms with Crippen molar-refractivity contribution in [1.82, 2.24) is 0 Å². The summed E-state index contributed by atoms with van der Waals surface area (Å²) >= 11 is 5.55. The predicted octanol–water partition coefficient (Wildman–Crippen LogP) is 3.60. The molecule has 0 saturated carbocycles. The molecule has 0 radical (unpaired) electrons. The van der Waals surface area contributed by atoms with Crippen LogP contribution >= 0.6 is 11.6 Å². The summed E-state index contributed by atoms with van der Waals surface area (Å²) < 4.78 is 26.8. The van der Waals surface area contributed by atoms with Gasteiger partial charge in [0.2, 0.25) is 0 Å². The first-order valence-electron chi connectivity index (χ1n) is 5.32. The summed E-state index contributed by atoms with van der Waals surface area (Å²) in [5.74, 6) is -1.32. The van der Waals surface area contributed by atoms with E-state index in [1.807, 2.05) is 6.92 Å². The smallest absolute Gasteiger partial charge is 0.147 e.